The Bertz CT molecular complexity index is 406. The summed E-state index contributed by atoms with van der Waals surface area (Å²) in [5.74, 6) is 0.806. The second-order valence-electron chi connectivity index (χ2n) is 5.28. The lowest BCUT2D eigenvalue weighted by Crippen LogP contribution is -2.29. The highest BCUT2D eigenvalue weighted by molar-refractivity contribution is 7.99. The third-order valence-corrected chi connectivity index (χ3v) is 3.37. The first-order chi connectivity index (χ1) is 9.49. The molecule has 20 heavy (non-hydrogen) atoms. The Morgan fingerprint density at radius 2 is 2.10 bits per heavy atom. The maximum absolute atomic E-state index is 11.6. The number of thioether (sulfide) groups is 1. The molecule has 0 unspecified atom stereocenters. The fourth-order valence-electron chi connectivity index (χ4n) is 1.40. The summed E-state index contributed by atoms with van der Waals surface area (Å²) in [5, 5.41) is 18.4. The van der Waals surface area contributed by atoms with Crippen molar-refractivity contribution >= 4 is 17.7 Å². The van der Waals surface area contributed by atoms with Gasteiger partial charge in [0.1, 0.15) is 0 Å². The Kier molecular flexibility index (Phi) is 7.53. The molecule has 0 aliphatic rings. The molecule has 0 atom stereocenters. The highest BCUT2D eigenvalue weighted by atomic mass is 32.2. The highest BCUT2D eigenvalue weighted by Gasteiger charge is 2.10. The van der Waals surface area contributed by atoms with Crippen LogP contribution in [0.4, 0.5) is 0 Å². The maximum atomic E-state index is 11.6. The molecule has 8 heteroatoms. The average molecular weight is 300 g/mol. The van der Waals surface area contributed by atoms with Gasteiger partial charge in [0.2, 0.25) is 11.1 Å². The normalized spacial score (nSPS) is 11.3. The number of nitrogens with one attached hydrogen (secondary N) is 2. The third kappa shape index (κ3) is 6.85. The van der Waals surface area contributed by atoms with Crippen molar-refractivity contribution in [2.45, 2.75) is 45.4 Å². The first kappa shape index (κ1) is 16.9. The third-order valence-electron chi connectivity index (χ3n) is 2.42. The molecule has 0 aromatic carbocycles. The zero-order valence-corrected chi connectivity index (χ0v) is 13.4. The number of amides is 1. The molecule has 114 valence electrons. The Morgan fingerprint density at radius 1 is 1.35 bits per heavy atom. The Labute approximate surface area is 124 Å². The van der Waals surface area contributed by atoms with Gasteiger partial charge in [-0.1, -0.05) is 39.5 Å². The number of carbonyl (C=O) groups is 1. The van der Waals surface area contributed by atoms with E-state index in [1.54, 1.807) is 4.68 Å². The summed E-state index contributed by atoms with van der Waals surface area (Å²) in [6, 6.07) is 0.435. The molecular weight excluding hydrogens is 276 g/mol. The van der Waals surface area contributed by atoms with Crippen LogP contribution in [-0.4, -0.2) is 51.0 Å². The van der Waals surface area contributed by atoms with Gasteiger partial charge in [-0.25, -0.2) is 4.68 Å². The Morgan fingerprint density at radius 3 is 2.75 bits per heavy atom. The molecule has 0 bridgehead atoms. The first-order valence-corrected chi connectivity index (χ1v) is 7.86. The largest absolute Gasteiger partial charge is 0.355 e. The van der Waals surface area contributed by atoms with Crippen LogP contribution in [0, 0.1) is 5.92 Å². The molecule has 0 fully saturated rings. The van der Waals surface area contributed by atoms with Crippen molar-refractivity contribution in [2.75, 3.05) is 18.8 Å². The van der Waals surface area contributed by atoms with Gasteiger partial charge < -0.3 is 10.6 Å². The number of hydrogen-bond acceptors (Lipinski definition) is 6. The van der Waals surface area contributed by atoms with Gasteiger partial charge in [0.15, 0.2) is 0 Å². The topological polar surface area (TPSA) is 84.7 Å². The number of carbonyl (C=O) groups excluding carboxylic acids is 1. The first-order valence-electron chi connectivity index (χ1n) is 6.88. The molecule has 1 amide bonds. The van der Waals surface area contributed by atoms with Crippen molar-refractivity contribution in [1.29, 1.82) is 0 Å². The second-order valence-corrected chi connectivity index (χ2v) is 6.22. The van der Waals surface area contributed by atoms with Crippen molar-refractivity contribution in [3.8, 4) is 0 Å². The van der Waals surface area contributed by atoms with E-state index >= 15 is 0 Å². The van der Waals surface area contributed by atoms with E-state index in [4.69, 9.17) is 0 Å². The minimum absolute atomic E-state index is 0.0126. The van der Waals surface area contributed by atoms with Crippen molar-refractivity contribution in [3.63, 3.8) is 0 Å². The highest BCUT2D eigenvalue weighted by Crippen LogP contribution is 2.12. The van der Waals surface area contributed by atoms with Crippen LogP contribution < -0.4 is 10.6 Å². The summed E-state index contributed by atoms with van der Waals surface area (Å²) in [6.45, 7) is 10.5. The lowest BCUT2D eigenvalue weighted by Gasteiger charge is -2.09. The van der Waals surface area contributed by atoms with E-state index < -0.39 is 0 Å². The monoisotopic (exact) mass is 300 g/mol. The van der Waals surface area contributed by atoms with E-state index in [0.717, 1.165) is 6.54 Å². The molecule has 1 aromatic heterocycles. The summed E-state index contributed by atoms with van der Waals surface area (Å²) >= 11 is 1.36. The number of tetrazole rings is 1. The minimum Gasteiger partial charge on any atom is -0.355 e. The van der Waals surface area contributed by atoms with Gasteiger partial charge in [0.25, 0.3) is 0 Å². The van der Waals surface area contributed by atoms with Gasteiger partial charge in [-0.2, -0.15) is 0 Å². The molecule has 7 nitrogen and oxygen atoms in total. The fraction of sp³-hybridized carbons (Fsp3) is 0.833. The van der Waals surface area contributed by atoms with Gasteiger partial charge in [0, 0.05) is 19.1 Å². The smallest absolute Gasteiger partial charge is 0.230 e. The summed E-state index contributed by atoms with van der Waals surface area (Å²) in [5.41, 5.74) is 0. The van der Waals surface area contributed by atoms with Crippen molar-refractivity contribution < 1.29 is 4.79 Å². The SMILES string of the molecule is CC(C)CNC(=O)CSc1nnnn1CCNC(C)C. The van der Waals surface area contributed by atoms with Crippen molar-refractivity contribution in [2.24, 2.45) is 5.92 Å². The van der Waals surface area contributed by atoms with Crippen LogP contribution in [0.5, 0.6) is 0 Å². The summed E-state index contributed by atoms with van der Waals surface area (Å²) in [6.07, 6.45) is 0. The number of nitrogens with zero attached hydrogens (tertiary/aromatic N) is 4. The molecule has 0 saturated carbocycles. The maximum Gasteiger partial charge on any atom is 0.230 e. The van der Waals surface area contributed by atoms with Gasteiger partial charge >= 0.3 is 0 Å². The predicted molar refractivity (Wildman–Crippen MR) is 79.5 cm³/mol. The molecule has 0 aliphatic heterocycles. The summed E-state index contributed by atoms with van der Waals surface area (Å²) in [4.78, 5) is 11.6. The lowest BCUT2D eigenvalue weighted by molar-refractivity contribution is -0.118. The molecular formula is C12H24N6OS. The van der Waals surface area contributed by atoms with E-state index in [9.17, 15) is 4.79 Å². The van der Waals surface area contributed by atoms with Crippen LogP contribution in [0.25, 0.3) is 0 Å². The Balaban J connectivity index is 2.33. The van der Waals surface area contributed by atoms with E-state index in [-0.39, 0.29) is 5.91 Å². The van der Waals surface area contributed by atoms with Crippen LogP contribution in [0.15, 0.2) is 5.16 Å². The molecule has 0 radical (unpaired) electrons. The fourth-order valence-corrected chi connectivity index (χ4v) is 2.13. The van der Waals surface area contributed by atoms with Crippen molar-refractivity contribution in [1.82, 2.24) is 30.8 Å². The molecule has 1 aromatic rings. The second kappa shape index (κ2) is 8.91. The van der Waals surface area contributed by atoms with E-state index in [0.29, 0.717) is 36.0 Å². The van der Waals surface area contributed by atoms with Crippen LogP contribution in [-0.2, 0) is 11.3 Å². The number of rotatable bonds is 9. The zero-order valence-electron chi connectivity index (χ0n) is 12.6. The molecule has 1 rings (SSSR count). The number of hydrogen-bond donors (Lipinski definition) is 2. The van der Waals surface area contributed by atoms with Crippen LogP contribution >= 0.6 is 11.8 Å². The Hall–Kier alpha value is -1.15. The van der Waals surface area contributed by atoms with Gasteiger partial charge in [0.05, 0.1) is 12.3 Å². The summed E-state index contributed by atoms with van der Waals surface area (Å²) in [7, 11) is 0. The van der Waals surface area contributed by atoms with Gasteiger partial charge in [-0.15, -0.1) is 5.10 Å². The lowest BCUT2D eigenvalue weighted by atomic mass is 10.2. The van der Waals surface area contributed by atoms with Gasteiger partial charge in [-0.05, 0) is 16.3 Å². The molecule has 0 saturated heterocycles. The van der Waals surface area contributed by atoms with Crippen LogP contribution in [0.2, 0.25) is 0 Å². The van der Waals surface area contributed by atoms with Gasteiger partial charge in [-0.3, -0.25) is 4.79 Å². The van der Waals surface area contributed by atoms with Crippen molar-refractivity contribution in [3.05, 3.63) is 0 Å². The number of aromatic nitrogens is 4. The van der Waals surface area contributed by atoms with Crippen LogP contribution in [0.3, 0.4) is 0 Å². The van der Waals surface area contributed by atoms with E-state index in [1.165, 1.54) is 11.8 Å². The zero-order chi connectivity index (χ0) is 15.0. The quantitative estimate of drug-likeness (QED) is 0.647. The predicted octanol–water partition coefficient (Wildman–Crippen LogP) is 0.535. The standard InChI is InChI=1S/C12H24N6OS/c1-9(2)7-14-11(19)8-20-12-15-16-17-18(12)6-5-13-10(3)4/h9-10,13H,5-8H2,1-4H3,(H,14,19). The molecule has 2 N–H and O–H groups in total. The molecule has 1 heterocycles. The minimum atomic E-state index is 0.0126. The van der Waals surface area contributed by atoms with E-state index in [1.807, 2.05) is 0 Å². The average Bonchev–Trinajstić information content (AvgIpc) is 2.81. The molecule has 0 aliphatic carbocycles. The van der Waals surface area contributed by atoms with Crippen LogP contribution in [0.1, 0.15) is 27.7 Å². The molecule has 0 spiro atoms. The summed E-state index contributed by atoms with van der Waals surface area (Å²) < 4.78 is 1.72. The van der Waals surface area contributed by atoms with E-state index in [2.05, 4.69) is 53.9 Å².